The van der Waals surface area contributed by atoms with E-state index in [0.717, 1.165) is 0 Å². The molecule has 0 bridgehead atoms. The molecule has 0 radical (unpaired) electrons. The van der Waals surface area contributed by atoms with Gasteiger partial charge < -0.3 is 33.5 Å². The molecule has 1 atom stereocenters. The average molecular weight is 537 g/mol. The number of carbonyl (C=O) groups is 3. The number of allylic oxidation sites excluding steroid dienone is 1. The van der Waals surface area contributed by atoms with Crippen molar-refractivity contribution >= 4 is 24.1 Å². The first-order chi connectivity index (χ1) is 18.9. The second-order valence-electron chi connectivity index (χ2n) is 7.86. The van der Waals surface area contributed by atoms with Gasteiger partial charge in [0.2, 0.25) is 11.5 Å². The minimum atomic E-state index is -1.33. The molecule has 0 saturated carbocycles. The third kappa shape index (κ3) is 6.74. The number of methoxy groups -OCH3 is 4. The Morgan fingerprint density at radius 1 is 0.821 bits per heavy atom. The zero-order valence-corrected chi connectivity index (χ0v) is 21.8. The minimum Gasteiger partial charge on any atom is -0.496 e. The molecule has 1 unspecified atom stereocenters. The van der Waals surface area contributed by atoms with Gasteiger partial charge in [-0.25, -0.2) is 4.79 Å². The molecule has 1 N–H and O–H groups in total. The predicted molar refractivity (Wildman–Crippen MR) is 141 cm³/mol. The Hall–Kier alpha value is -4.83. The van der Waals surface area contributed by atoms with E-state index in [1.54, 1.807) is 30.3 Å². The highest BCUT2D eigenvalue weighted by atomic mass is 16.6. The van der Waals surface area contributed by atoms with Crippen molar-refractivity contribution in [2.45, 2.75) is 6.10 Å². The molecule has 0 saturated heterocycles. The summed E-state index contributed by atoms with van der Waals surface area (Å²) < 4.78 is 32.8. The molecule has 0 aliphatic carbocycles. The highest BCUT2D eigenvalue weighted by molar-refractivity contribution is 6.01. The maximum absolute atomic E-state index is 13.4. The molecule has 204 valence electrons. The van der Waals surface area contributed by atoms with E-state index >= 15 is 0 Å². The van der Waals surface area contributed by atoms with Gasteiger partial charge in [-0.05, 0) is 36.4 Å². The summed E-state index contributed by atoms with van der Waals surface area (Å²) in [6.07, 6.45) is 2.07. The third-order valence-corrected chi connectivity index (χ3v) is 5.54. The molecule has 0 heterocycles. The molecule has 0 spiro atoms. The molecule has 0 aliphatic heterocycles. The number of aldehydes is 1. The number of ether oxygens (including phenoxy) is 6. The third-order valence-electron chi connectivity index (χ3n) is 5.54. The Kier molecular flexibility index (Phi) is 10.0. The number of rotatable bonds is 13. The maximum atomic E-state index is 13.4. The second-order valence-corrected chi connectivity index (χ2v) is 7.86. The minimum absolute atomic E-state index is 0.0136. The van der Waals surface area contributed by atoms with Crippen molar-refractivity contribution in [1.82, 2.24) is 0 Å². The highest BCUT2D eigenvalue weighted by Gasteiger charge is 2.27. The van der Waals surface area contributed by atoms with Gasteiger partial charge in [0.1, 0.15) is 23.5 Å². The molecular formula is C29H28O10. The van der Waals surface area contributed by atoms with Crippen LogP contribution in [0.4, 0.5) is 0 Å². The summed E-state index contributed by atoms with van der Waals surface area (Å²) in [5, 5.41) is 10.0. The van der Waals surface area contributed by atoms with Gasteiger partial charge in [0.25, 0.3) is 0 Å². The lowest BCUT2D eigenvalue weighted by Crippen LogP contribution is -2.31. The standard InChI is InChI=1S/C29H28O10/c1-34-22-15-20(16-23(35-2)21(22)11-8-12-30)38-26(17-31)27(32)19-13-24(36-3)28(25(14-19)37-4)39-29(33)18-9-6-5-7-10-18/h5-16,26,31H,17H2,1-4H3. The van der Waals surface area contributed by atoms with Crippen molar-refractivity contribution in [3.05, 3.63) is 77.4 Å². The van der Waals surface area contributed by atoms with Crippen LogP contribution >= 0.6 is 0 Å². The number of aliphatic hydroxyl groups excluding tert-OH is 1. The molecule has 3 rings (SSSR count). The Bertz CT molecular complexity index is 1300. The molecule has 0 aliphatic rings. The van der Waals surface area contributed by atoms with E-state index in [1.165, 1.54) is 64.9 Å². The number of benzene rings is 3. The summed E-state index contributed by atoms with van der Waals surface area (Å²) in [4.78, 5) is 36.8. The lowest BCUT2D eigenvalue weighted by molar-refractivity contribution is -0.104. The van der Waals surface area contributed by atoms with Gasteiger partial charge in [-0.2, -0.15) is 0 Å². The van der Waals surface area contributed by atoms with E-state index in [4.69, 9.17) is 28.4 Å². The van der Waals surface area contributed by atoms with Gasteiger partial charge in [-0.15, -0.1) is 0 Å². The predicted octanol–water partition coefficient (Wildman–Crippen LogP) is 3.77. The number of aliphatic hydroxyl groups is 1. The van der Waals surface area contributed by atoms with Crippen LogP contribution in [0.1, 0.15) is 26.3 Å². The van der Waals surface area contributed by atoms with Gasteiger partial charge in [0, 0.05) is 17.7 Å². The fourth-order valence-electron chi connectivity index (χ4n) is 3.66. The van der Waals surface area contributed by atoms with Crippen molar-refractivity contribution < 1.29 is 47.9 Å². The van der Waals surface area contributed by atoms with Crippen LogP contribution in [0.3, 0.4) is 0 Å². The lowest BCUT2D eigenvalue weighted by Gasteiger charge is -2.20. The SMILES string of the molecule is COc1cc(OC(CO)C(=O)c2cc(OC)c(OC(=O)c3ccccc3)c(OC)c2)cc(OC)c1C=CC=O. The number of hydrogen-bond donors (Lipinski definition) is 1. The first kappa shape index (κ1) is 28.7. The number of hydrogen-bond acceptors (Lipinski definition) is 10. The van der Waals surface area contributed by atoms with Crippen LogP contribution in [0.25, 0.3) is 6.08 Å². The number of esters is 1. The molecule has 0 aromatic heterocycles. The fourth-order valence-corrected chi connectivity index (χ4v) is 3.66. The van der Waals surface area contributed by atoms with Crippen LogP contribution in [0.2, 0.25) is 0 Å². The van der Waals surface area contributed by atoms with Crippen LogP contribution in [0.5, 0.6) is 34.5 Å². The fraction of sp³-hybridized carbons (Fsp3) is 0.207. The van der Waals surface area contributed by atoms with Crippen molar-refractivity contribution in [3.8, 4) is 34.5 Å². The highest BCUT2D eigenvalue weighted by Crippen LogP contribution is 2.40. The summed E-state index contributed by atoms with van der Waals surface area (Å²) >= 11 is 0. The largest absolute Gasteiger partial charge is 0.496 e. The summed E-state index contributed by atoms with van der Waals surface area (Å²) in [5.74, 6) is -0.317. The zero-order valence-electron chi connectivity index (χ0n) is 21.8. The number of carbonyl (C=O) groups excluding carboxylic acids is 3. The van der Waals surface area contributed by atoms with Crippen LogP contribution in [-0.2, 0) is 4.79 Å². The van der Waals surface area contributed by atoms with E-state index < -0.39 is 24.5 Å². The molecule has 10 heteroatoms. The van der Waals surface area contributed by atoms with E-state index in [0.29, 0.717) is 28.9 Å². The summed E-state index contributed by atoms with van der Waals surface area (Å²) in [7, 11) is 5.55. The second kappa shape index (κ2) is 13.6. The summed E-state index contributed by atoms with van der Waals surface area (Å²) in [5.41, 5.74) is 0.877. The van der Waals surface area contributed by atoms with Crippen molar-refractivity contribution in [2.75, 3.05) is 35.0 Å². The molecule has 3 aromatic carbocycles. The van der Waals surface area contributed by atoms with Gasteiger partial charge in [0.05, 0.1) is 46.2 Å². The molecule has 0 fully saturated rings. The monoisotopic (exact) mass is 536 g/mol. The first-order valence-corrected chi connectivity index (χ1v) is 11.6. The van der Waals surface area contributed by atoms with Crippen LogP contribution in [0, 0.1) is 0 Å². The zero-order chi connectivity index (χ0) is 28.4. The van der Waals surface area contributed by atoms with Crippen LogP contribution < -0.4 is 28.4 Å². The van der Waals surface area contributed by atoms with Gasteiger partial charge in [-0.3, -0.25) is 9.59 Å². The van der Waals surface area contributed by atoms with Gasteiger partial charge in [0.15, 0.2) is 17.6 Å². The van der Waals surface area contributed by atoms with E-state index in [9.17, 15) is 19.5 Å². The van der Waals surface area contributed by atoms with Crippen molar-refractivity contribution in [3.63, 3.8) is 0 Å². The Morgan fingerprint density at radius 2 is 1.38 bits per heavy atom. The normalized spacial score (nSPS) is 11.4. The Labute approximate surface area is 225 Å². The smallest absolute Gasteiger partial charge is 0.343 e. The quantitative estimate of drug-likeness (QED) is 0.113. The average Bonchev–Trinajstić information content (AvgIpc) is 2.98. The summed E-state index contributed by atoms with van der Waals surface area (Å²) in [6, 6.07) is 14.1. The Morgan fingerprint density at radius 3 is 1.87 bits per heavy atom. The van der Waals surface area contributed by atoms with Gasteiger partial charge in [-0.1, -0.05) is 18.2 Å². The Balaban J connectivity index is 1.93. The topological polar surface area (TPSA) is 127 Å². The maximum Gasteiger partial charge on any atom is 0.343 e. The molecule has 3 aromatic rings. The molecule has 10 nitrogen and oxygen atoms in total. The van der Waals surface area contributed by atoms with Crippen LogP contribution in [-0.4, -0.2) is 64.3 Å². The lowest BCUT2D eigenvalue weighted by atomic mass is 10.0. The number of ketones is 1. The van der Waals surface area contributed by atoms with E-state index in [1.807, 2.05) is 0 Å². The van der Waals surface area contributed by atoms with Crippen molar-refractivity contribution in [1.29, 1.82) is 0 Å². The van der Waals surface area contributed by atoms with Crippen molar-refractivity contribution in [2.24, 2.45) is 0 Å². The first-order valence-electron chi connectivity index (χ1n) is 11.6. The summed E-state index contributed by atoms with van der Waals surface area (Å²) in [6.45, 7) is -0.661. The van der Waals surface area contributed by atoms with Crippen LogP contribution in [0.15, 0.2) is 60.7 Å². The molecule has 39 heavy (non-hydrogen) atoms. The molecular weight excluding hydrogens is 508 g/mol. The van der Waals surface area contributed by atoms with E-state index in [-0.39, 0.29) is 28.6 Å². The van der Waals surface area contributed by atoms with Gasteiger partial charge >= 0.3 is 5.97 Å². The molecule has 0 amide bonds. The van der Waals surface area contributed by atoms with E-state index in [2.05, 4.69) is 0 Å². The number of Topliss-reactive ketones (excluding diaryl/α,β-unsaturated/α-hetero) is 1.